The predicted octanol–water partition coefficient (Wildman–Crippen LogP) is 11.6. The maximum atomic E-state index is 9.32. The van der Waals surface area contributed by atoms with Crippen LogP contribution in [-0.2, 0) is 0 Å². The van der Waals surface area contributed by atoms with Gasteiger partial charge in [-0.1, -0.05) is 127 Å². The highest BCUT2D eigenvalue weighted by molar-refractivity contribution is 6.23. The van der Waals surface area contributed by atoms with Crippen molar-refractivity contribution in [3.8, 4) is 33.6 Å². The van der Waals surface area contributed by atoms with Crippen molar-refractivity contribution in [2.45, 2.75) is 0 Å². The Labute approximate surface area is 253 Å². The van der Waals surface area contributed by atoms with Gasteiger partial charge in [0.2, 0.25) is 0 Å². The van der Waals surface area contributed by atoms with E-state index in [2.05, 4.69) is 0 Å². The monoisotopic (exact) mass is 544 g/mol. The van der Waals surface area contributed by atoms with Gasteiger partial charge < -0.3 is 8.83 Å². The molecule has 0 saturated carbocycles. The Balaban J connectivity index is 1.58. The quantitative estimate of drug-likeness (QED) is 0.207. The van der Waals surface area contributed by atoms with Crippen molar-refractivity contribution in [2.75, 3.05) is 0 Å². The van der Waals surface area contributed by atoms with E-state index in [1.165, 1.54) is 0 Å². The van der Waals surface area contributed by atoms with Crippen LogP contribution in [0.15, 0.2) is 154 Å². The van der Waals surface area contributed by atoms with Gasteiger partial charge in [0.05, 0.1) is 11.0 Å². The second-order valence-corrected chi connectivity index (χ2v) is 10.2. The van der Waals surface area contributed by atoms with E-state index in [-0.39, 0.29) is 57.0 Å². The van der Waals surface area contributed by atoms with Crippen molar-refractivity contribution in [1.29, 1.82) is 0 Å². The summed E-state index contributed by atoms with van der Waals surface area (Å²) in [6.45, 7) is 0. The highest BCUT2D eigenvalue weighted by Gasteiger charge is 2.25. The lowest BCUT2D eigenvalue weighted by Gasteiger charge is -2.17. The summed E-state index contributed by atoms with van der Waals surface area (Å²) in [5.74, 6) is 0.216. The number of para-hydroxylation sites is 1. The van der Waals surface area contributed by atoms with Gasteiger partial charge in [0.1, 0.15) is 22.5 Å². The first kappa shape index (κ1) is 16.6. The normalized spacial score (nSPS) is 14.5. The Morgan fingerprint density at radius 1 is 0.381 bits per heavy atom. The van der Waals surface area contributed by atoms with E-state index in [9.17, 15) is 5.48 Å². The molecule has 9 rings (SSSR count). The van der Waals surface area contributed by atoms with E-state index in [0.29, 0.717) is 33.2 Å². The van der Waals surface area contributed by atoms with E-state index >= 15 is 0 Å². The van der Waals surface area contributed by atoms with E-state index in [1.807, 2.05) is 72.8 Å². The number of furan rings is 2. The molecular weight excluding hydrogens is 512 g/mol. The fourth-order valence-corrected chi connectivity index (χ4v) is 6.13. The van der Waals surface area contributed by atoms with Crippen LogP contribution in [0.2, 0.25) is 0 Å². The summed E-state index contributed by atoms with van der Waals surface area (Å²) in [6, 6.07) is 26.7. The van der Waals surface area contributed by atoms with Crippen molar-refractivity contribution < 1.29 is 19.8 Å². The van der Waals surface area contributed by atoms with Gasteiger partial charge in [-0.15, -0.1) is 0 Å². The van der Waals surface area contributed by atoms with E-state index in [1.54, 1.807) is 24.3 Å². The molecule has 0 spiro atoms. The Morgan fingerprint density at radius 2 is 0.881 bits per heavy atom. The first-order chi connectivity index (χ1) is 24.2. The van der Waals surface area contributed by atoms with Crippen molar-refractivity contribution in [1.82, 2.24) is 0 Å². The molecule has 2 aromatic heterocycles. The third kappa shape index (κ3) is 3.33. The van der Waals surface area contributed by atoms with Crippen molar-refractivity contribution in [3.63, 3.8) is 0 Å². The fraction of sp³-hybridized carbons (Fsp3) is 0. The van der Waals surface area contributed by atoms with Gasteiger partial charge in [0.25, 0.3) is 0 Å². The number of hydrogen-bond acceptors (Lipinski definition) is 2. The minimum atomic E-state index is -0.468. The van der Waals surface area contributed by atoms with Gasteiger partial charge in [-0.25, -0.2) is 0 Å². The summed E-state index contributed by atoms with van der Waals surface area (Å²) < 4.78 is 85.1. The van der Waals surface area contributed by atoms with Gasteiger partial charge >= 0.3 is 0 Å². The average molecular weight is 545 g/mol. The maximum absolute atomic E-state index is 9.32. The third-order valence-corrected chi connectivity index (χ3v) is 7.91. The van der Waals surface area contributed by atoms with Crippen LogP contribution in [0.3, 0.4) is 0 Å². The second kappa shape index (κ2) is 8.95. The van der Waals surface area contributed by atoms with Crippen LogP contribution in [0, 0.1) is 0 Å². The Morgan fingerprint density at radius 3 is 1.52 bits per heavy atom. The van der Waals surface area contributed by atoms with Crippen molar-refractivity contribution >= 4 is 54.5 Å². The summed E-state index contributed by atoms with van der Waals surface area (Å²) in [4.78, 5) is 0. The lowest BCUT2D eigenvalue weighted by atomic mass is 9.86. The number of rotatable bonds is 3. The zero-order valence-corrected chi connectivity index (χ0v) is 22.1. The Kier molecular flexibility index (Phi) is 3.54. The first-order valence-corrected chi connectivity index (χ1v) is 13.6. The predicted molar refractivity (Wildman–Crippen MR) is 175 cm³/mol. The highest BCUT2D eigenvalue weighted by atomic mass is 16.3. The molecule has 0 saturated heterocycles. The van der Waals surface area contributed by atoms with E-state index < -0.39 is 24.2 Å². The number of benzene rings is 7. The molecule has 2 nitrogen and oxygen atoms in total. The van der Waals surface area contributed by atoms with Crippen LogP contribution in [0.25, 0.3) is 88.0 Å². The van der Waals surface area contributed by atoms with E-state index in [0.717, 1.165) is 21.9 Å². The molecule has 0 atom stereocenters. The molecule has 2 heterocycles. The summed E-state index contributed by atoms with van der Waals surface area (Å²) in [5, 5.41) is 2.85. The molecular formula is C40H24O2. The molecule has 0 unspecified atom stereocenters. The van der Waals surface area contributed by atoms with Crippen LogP contribution in [0.1, 0.15) is 11.0 Å². The number of hydrogen-bond donors (Lipinski definition) is 0. The first-order valence-electron chi connectivity index (χ1n) is 17.6. The zero-order chi connectivity index (χ0) is 34.6. The molecule has 196 valence electrons. The topological polar surface area (TPSA) is 26.3 Å². The molecule has 9 aromatic rings. The maximum Gasteiger partial charge on any atom is 0.144 e. The third-order valence-electron chi connectivity index (χ3n) is 7.91. The lowest BCUT2D eigenvalue weighted by molar-refractivity contribution is 0.633. The van der Waals surface area contributed by atoms with Gasteiger partial charge in [-0.2, -0.15) is 0 Å². The Hall–Kier alpha value is -5.60. The number of fused-ring (bicyclic) bond motifs is 6. The zero-order valence-electron chi connectivity index (χ0n) is 30.1. The molecule has 0 N–H and O–H groups in total. The minimum absolute atomic E-state index is 0.0951. The van der Waals surface area contributed by atoms with Crippen LogP contribution < -0.4 is 0 Å². The SMILES string of the molecule is [2H]c1c([2H])c([2H])c2c(-c3oc4cc5c(cc4c3-c3ccccc3)oc3ccccc35)c3c([2H])c([2H])c([2H])c([2H])c3c(-c3ccccc3)c2c1[2H]. The van der Waals surface area contributed by atoms with Gasteiger partial charge in [-0.05, 0) is 56.4 Å². The molecule has 0 aliphatic carbocycles. The fourth-order valence-electron chi connectivity index (χ4n) is 6.13. The molecule has 0 aliphatic heterocycles. The van der Waals surface area contributed by atoms with Gasteiger partial charge in [-0.3, -0.25) is 0 Å². The molecule has 0 aliphatic rings. The summed E-state index contributed by atoms with van der Waals surface area (Å²) in [7, 11) is 0. The van der Waals surface area contributed by atoms with Gasteiger partial charge in [0.15, 0.2) is 0 Å². The molecule has 0 bridgehead atoms. The van der Waals surface area contributed by atoms with Crippen LogP contribution in [0.5, 0.6) is 0 Å². The largest absolute Gasteiger partial charge is 0.456 e. The molecule has 2 heteroatoms. The molecule has 7 aromatic carbocycles. The van der Waals surface area contributed by atoms with E-state index in [4.69, 9.17) is 14.3 Å². The van der Waals surface area contributed by atoms with Crippen LogP contribution in [-0.4, -0.2) is 0 Å². The summed E-state index contributed by atoms with van der Waals surface area (Å²) >= 11 is 0. The smallest absolute Gasteiger partial charge is 0.144 e. The summed E-state index contributed by atoms with van der Waals surface area (Å²) in [6.07, 6.45) is 0. The van der Waals surface area contributed by atoms with Crippen molar-refractivity contribution in [3.05, 3.63) is 145 Å². The van der Waals surface area contributed by atoms with Crippen LogP contribution >= 0.6 is 0 Å². The lowest BCUT2D eigenvalue weighted by Crippen LogP contribution is -1.91. The Bertz CT molecular complexity index is 2810. The average Bonchev–Trinajstić information content (AvgIpc) is 3.70. The summed E-state index contributed by atoms with van der Waals surface area (Å²) in [5.41, 5.74) is 4.16. The van der Waals surface area contributed by atoms with Gasteiger partial charge in [0, 0.05) is 27.3 Å². The second-order valence-electron chi connectivity index (χ2n) is 10.2. The molecule has 0 radical (unpaired) electrons. The molecule has 42 heavy (non-hydrogen) atoms. The van der Waals surface area contributed by atoms with Crippen molar-refractivity contribution in [2.24, 2.45) is 0 Å². The minimum Gasteiger partial charge on any atom is -0.456 e. The molecule has 0 amide bonds. The highest BCUT2D eigenvalue weighted by Crippen LogP contribution is 2.49. The standard InChI is InChI=1S/C40H24O2/c1-3-13-25(14-4-1)37-28-18-7-9-20-30(28)39(31-21-10-8-19-29(31)37)40-38(26-15-5-2-6-16-26)33-24-35-32(23-36(33)42-40)27-17-11-12-22-34(27)41-35/h1-24H/i7D,8D,9D,10D,18D,19D,20D,21D. The van der Waals surface area contributed by atoms with Crippen LogP contribution in [0.4, 0.5) is 0 Å². The molecule has 0 fully saturated rings.